The minimum absolute atomic E-state index is 0.0341. The third-order valence-electron chi connectivity index (χ3n) is 6.80. The van der Waals surface area contributed by atoms with Crippen LogP contribution in [0.4, 0.5) is 0 Å². The van der Waals surface area contributed by atoms with E-state index < -0.39 is 18.5 Å². The summed E-state index contributed by atoms with van der Waals surface area (Å²) in [6.45, 7) is 2.25. The SMILES string of the molecule is COc1cc(C2c3cc(Cl)c(C)cc3C[C@H](CO)C2CO[C@@H]2OC[C@@H](O)C[C@H]2O)ccc1O. The first-order chi connectivity index (χ1) is 15.8. The Morgan fingerprint density at radius 1 is 1.18 bits per heavy atom. The molecule has 1 heterocycles. The van der Waals surface area contributed by atoms with Crippen molar-refractivity contribution in [3.05, 3.63) is 57.6 Å². The Balaban J connectivity index is 1.72. The molecule has 0 aromatic heterocycles. The molecule has 2 aliphatic rings. The molecule has 2 aromatic carbocycles. The number of hydrogen-bond acceptors (Lipinski definition) is 7. The zero-order valence-electron chi connectivity index (χ0n) is 18.8. The van der Waals surface area contributed by atoms with Gasteiger partial charge in [-0.2, -0.15) is 0 Å². The van der Waals surface area contributed by atoms with Crippen LogP contribution in [0.3, 0.4) is 0 Å². The van der Waals surface area contributed by atoms with Gasteiger partial charge < -0.3 is 34.6 Å². The number of methoxy groups -OCH3 is 1. The first-order valence-electron chi connectivity index (χ1n) is 11.2. The molecule has 0 bridgehead atoms. The predicted octanol–water partition coefficient (Wildman–Crippen LogP) is 2.76. The van der Waals surface area contributed by atoms with Crippen LogP contribution in [0.1, 0.15) is 34.6 Å². The molecule has 0 spiro atoms. The minimum atomic E-state index is -0.929. The molecule has 2 unspecified atom stereocenters. The third-order valence-corrected chi connectivity index (χ3v) is 7.21. The van der Waals surface area contributed by atoms with Crippen LogP contribution in [0.5, 0.6) is 11.5 Å². The molecule has 33 heavy (non-hydrogen) atoms. The first-order valence-corrected chi connectivity index (χ1v) is 11.6. The number of phenols is 1. The highest BCUT2D eigenvalue weighted by Crippen LogP contribution is 2.47. The zero-order chi connectivity index (χ0) is 23.7. The van der Waals surface area contributed by atoms with Crippen molar-refractivity contribution in [1.82, 2.24) is 0 Å². The highest BCUT2D eigenvalue weighted by molar-refractivity contribution is 6.31. The predicted molar refractivity (Wildman–Crippen MR) is 123 cm³/mol. The Morgan fingerprint density at radius 2 is 1.97 bits per heavy atom. The van der Waals surface area contributed by atoms with E-state index in [1.807, 2.05) is 19.1 Å². The molecule has 0 radical (unpaired) electrons. The molecular weight excluding hydrogens is 448 g/mol. The number of aryl methyl sites for hydroxylation is 1. The summed E-state index contributed by atoms with van der Waals surface area (Å²) in [4.78, 5) is 0. The highest BCUT2D eigenvalue weighted by atomic mass is 35.5. The summed E-state index contributed by atoms with van der Waals surface area (Å²) in [7, 11) is 1.50. The lowest BCUT2D eigenvalue weighted by Crippen LogP contribution is -2.44. The number of phenolic OH excluding ortho intramolecular Hbond substituents is 1. The van der Waals surface area contributed by atoms with Gasteiger partial charge in [0, 0.05) is 24.0 Å². The summed E-state index contributed by atoms with van der Waals surface area (Å²) in [6.07, 6.45) is -1.63. The second-order valence-corrected chi connectivity index (χ2v) is 9.42. The summed E-state index contributed by atoms with van der Waals surface area (Å²) in [5, 5.41) is 41.0. The second kappa shape index (κ2) is 10.2. The van der Waals surface area contributed by atoms with E-state index in [0.29, 0.717) is 17.2 Å². The number of hydrogen-bond donors (Lipinski definition) is 4. The number of aromatic hydroxyl groups is 1. The van der Waals surface area contributed by atoms with Crippen LogP contribution in [0.15, 0.2) is 30.3 Å². The molecular formula is C25H31ClO7. The minimum Gasteiger partial charge on any atom is -0.504 e. The van der Waals surface area contributed by atoms with Crippen LogP contribution in [0.2, 0.25) is 5.02 Å². The Morgan fingerprint density at radius 3 is 2.67 bits per heavy atom. The lowest BCUT2D eigenvalue weighted by Gasteiger charge is -2.41. The number of aliphatic hydroxyl groups is 3. The number of aliphatic hydroxyl groups excluding tert-OH is 3. The molecule has 180 valence electrons. The average molecular weight is 479 g/mol. The fourth-order valence-corrected chi connectivity index (χ4v) is 5.22. The molecule has 0 amide bonds. The molecule has 1 aliphatic carbocycles. The van der Waals surface area contributed by atoms with E-state index in [1.54, 1.807) is 12.1 Å². The van der Waals surface area contributed by atoms with Crippen molar-refractivity contribution in [3.63, 3.8) is 0 Å². The molecule has 1 saturated heterocycles. The number of fused-ring (bicyclic) bond motifs is 1. The number of rotatable bonds is 6. The maximum absolute atomic E-state index is 10.3. The smallest absolute Gasteiger partial charge is 0.183 e. The van der Waals surface area contributed by atoms with Crippen LogP contribution in [-0.2, 0) is 15.9 Å². The third kappa shape index (κ3) is 4.99. The van der Waals surface area contributed by atoms with Crippen molar-refractivity contribution in [1.29, 1.82) is 0 Å². The molecule has 8 heteroatoms. The largest absolute Gasteiger partial charge is 0.504 e. The molecule has 1 aliphatic heterocycles. The van der Waals surface area contributed by atoms with E-state index in [4.69, 9.17) is 25.8 Å². The lowest BCUT2D eigenvalue weighted by atomic mass is 9.66. The van der Waals surface area contributed by atoms with Gasteiger partial charge in [0.2, 0.25) is 0 Å². The summed E-state index contributed by atoms with van der Waals surface area (Å²) >= 11 is 6.51. The van der Waals surface area contributed by atoms with Gasteiger partial charge in [-0.1, -0.05) is 23.7 Å². The van der Waals surface area contributed by atoms with Crippen LogP contribution in [-0.4, -0.2) is 65.9 Å². The topological polar surface area (TPSA) is 109 Å². The van der Waals surface area contributed by atoms with E-state index in [1.165, 1.54) is 7.11 Å². The average Bonchev–Trinajstić information content (AvgIpc) is 2.79. The van der Waals surface area contributed by atoms with Gasteiger partial charge in [-0.25, -0.2) is 0 Å². The standard InChI is InChI=1S/C25H31ClO7/c1-13-5-15-6-16(10-27)19(12-33-25-22(30)8-17(28)11-32-25)24(18(15)9-20(13)26)14-3-4-21(29)23(7-14)31-2/h3-5,7,9,16-17,19,22,24-25,27-30H,6,8,10-12H2,1-2H3/t16-,17+,19?,22-,24?,25+/m1/s1. The summed E-state index contributed by atoms with van der Waals surface area (Å²) in [5.41, 5.74) is 4.03. The van der Waals surface area contributed by atoms with Gasteiger partial charge in [0.05, 0.1) is 26.4 Å². The van der Waals surface area contributed by atoms with Gasteiger partial charge in [0.1, 0.15) is 6.10 Å². The quantitative estimate of drug-likeness (QED) is 0.505. The van der Waals surface area contributed by atoms with E-state index in [-0.39, 0.29) is 49.7 Å². The fourth-order valence-electron chi connectivity index (χ4n) is 5.05. The summed E-state index contributed by atoms with van der Waals surface area (Å²) in [5.74, 6) is -0.0433. The van der Waals surface area contributed by atoms with Crippen LogP contribution in [0, 0.1) is 18.8 Å². The molecule has 1 fully saturated rings. The molecule has 6 atom stereocenters. The van der Waals surface area contributed by atoms with Crippen molar-refractivity contribution in [2.45, 2.75) is 44.2 Å². The molecule has 4 N–H and O–H groups in total. The number of ether oxygens (including phenoxy) is 3. The molecule has 0 saturated carbocycles. The Kier molecular flexibility index (Phi) is 7.48. The maximum Gasteiger partial charge on any atom is 0.183 e. The van der Waals surface area contributed by atoms with Gasteiger partial charge >= 0.3 is 0 Å². The van der Waals surface area contributed by atoms with Crippen molar-refractivity contribution in [3.8, 4) is 11.5 Å². The summed E-state index contributed by atoms with van der Waals surface area (Å²) < 4.78 is 16.9. The van der Waals surface area contributed by atoms with E-state index in [2.05, 4.69) is 6.07 Å². The molecule has 2 aromatic rings. The van der Waals surface area contributed by atoms with Crippen molar-refractivity contribution >= 4 is 11.6 Å². The first kappa shape index (κ1) is 24.3. The number of benzene rings is 2. The van der Waals surface area contributed by atoms with Crippen molar-refractivity contribution in [2.75, 3.05) is 26.9 Å². The maximum atomic E-state index is 10.3. The normalized spacial score (nSPS) is 29.5. The van der Waals surface area contributed by atoms with Gasteiger partial charge in [0.25, 0.3) is 0 Å². The fraction of sp³-hybridized carbons (Fsp3) is 0.520. The second-order valence-electron chi connectivity index (χ2n) is 9.01. The van der Waals surface area contributed by atoms with Gasteiger partial charge in [-0.05, 0) is 65.6 Å². The van der Waals surface area contributed by atoms with E-state index in [9.17, 15) is 20.4 Å². The van der Waals surface area contributed by atoms with Gasteiger partial charge in [-0.15, -0.1) is 0 Å². The zero-order valence-corrected chi connectivity index (χ0v) is 19.5. The van der Waals surface area contributed by atoms with E-state index in [0.717, 1.165) is 22.3 Å². The van der Waals surface area contributed by atoms with Gasteiger partial charge in [-0.3, -0.25) is 0 Å². The number of halogens is 1. The van der Waals surface area contributed by atoms with Crippen LogP contribution >= 0.6 is 11.6 Å². The highest BCUT2D eigenvalue weighted by Gasteiger charge is 2.40. The van der Waals surface area contributed by atoms with Crippen LogP contribution in [0.25, 0.3) is 0 Å². The summed E-state index contributed by atoms with van der Waals surface area (Å²) in [6, 6.07) is 9.28. The Labute approximate surface area is 198 Å². The monoisotopic (exact) mass is 478 g/mol. The van der Waals surface area contributed by atoms with Crippen LogP contribution < -0.4 is 4.74 Å². The molecule has 4 rings (SSSR count). The Bertz CT molecular complexity index is 981. The van der Waals surface area contributed by atoms with Crippen molar-refractivity contribution < 1.29 is 34.6 Å². The lowest BCUT2D eigenvalue weighted by molar-refractivity contribution is -0.241. The van der Waals surface area contributed by atoms with Crippen molar-refractivity contribution in [2.24, 2.45) is 11.8 Å². The van der Waals surface area contributed by atoms with Gasteiger partial charge in [0.15, 0.2) is 17.8 Å². The molecule has 7 nitrogen and oxygen atoms in total. The Hall–Kier alpha value is -1.87. The van der Waals surface area contributed by atoms with E-state index >= 15 is 0 Å².